The maximum Gasteiger partial charge on any atom is 0.253 e. The third kappa shape index (κ3) is 6.13. The maximum absolute atomic E-state index is 13.0. The zero-order valence-corrected chi connectivity index (χ0v) is 17.8. The van der Waals surface area contributed by atoms with Crippen LogP contribution in [0.5, 0.6) is 0 Å². The Morgan fingerprint density at radius 1 is 0.839 bits per heavy atom. The molecule has 0 aliphatic carbocycles. The normalized spacial score (nSPS) is 18.0. The van der Waals surface area contributed by atoms with Gasteiger partial charge in [0.25, 0.3) is 5.91 Å². The van der Waals surface area contributed by atoms with Gasteiger partial charge in [0, 0.05) is 57.1 Å². The molecule has 4 rings (SSSR count). The molecule has 0 spiro atoms. The molecule has 2 saturated heterocycles. The number of amides is 2. The van der Waals surface area contributed by atoms with Crippen molar-refractivity contribution < 1.29 is 14.3 Å². The summed E-state index contributed by atoms with van der Waals surface area (Å²) >= 11 is 0. The first-order valence-corrected chi connectivity index (χ1v) is 10.9. The van der Waals surface area contributed by atoms with Gasteiger partial charge in [0.2, 0.25) is 5.91 Å². The van der Waals surface area contributed by atoms with E-state index >= 15 is 0 Å². The molecule has 1 N–H and O–H groups in total. The zero-order valence-electron chi connectivity index (χ0n) is 17.8. The van der Waals surface area contributed by atoms with E-state index in [2.05, 4.69) is 21.2 Å². The second kappa shape index (κ2) is 10.5. The Balaban J connectivity index is 1.26. The summed E-state index contributed by atoms with van der Waals surface area (Å²) in [6.07, 6.45) is 0. The number of carbonyl (C=O) groups is 2. The quantitative estimate of drug-likeness (QED) is 0.771. The van der Waals surface area contributed by atoms with E-state index in [-0.39, 0.29) is 11.8 Å². The fourth-order valence-corrected chi connectivity index (χ4v) is 4.04. The molecular weight excluding hydrogens is 392 g/mol. The van der Waals surface area contributed by atoms with Crippen molar-refractivity contribution in [3.8, 4) is 0 Å². The Labute approximate surface area is 183 Å². The summed E-state index contributed by atoms with van der Waals surface area (Å²) in [4.78, 5) is 31.6. The Morgan fingerprint density at radius 3 is 2.32 bits per heavy atom. The molecule has 31 heavy (non-hydrogen) atoms. The van der Waals surface area contributed by atoms with Gasteiger partial charge < -0.3 is 15.0 Å². The molecule has 0 radical (unpaired) electrons. The number of morpholine rings is 1. The molecule has 7 nitrogen and oxygen atoms in total. The second-order valence-electron chi connectivity index (χ2n) is 8.07. The SMILES string of the molecule is O=C(CN1CCN(C(=O)c2cccc(CN3CCOCC3)c2)CC1)Nc1ccccc1. The molecule has 2 heterocycles. The molecule has 2 aromatic rings. The van der Waals surface area contributed by atoms with E-state index in [1.807, 2.05) is 53.4 Å². The smallest absolute Gasteiger partial charge is 0.253 e. The molecule has 164 valence electrons. The highest BCUT2D eigenvalue weighted by atomic mass is 16.5. The van der Waals surface area contributed by atoms with Gasteiger partial charge in [-0.3, -0.25) is 19.4 Å². The standard InChI is InChI=1S/C24H30N4O3/c29-23(25-22-7-2-1-3-8-22)19-26-9-11-28(12-10-26)24(30)21-6-4-5-20(17-21)18-27-13-15-31-16-14-27/h1-8,17H,9-16,18-19H2,(H,25,29). The topological polar surface area (TPSA) is 65.1 Å². The Morgan fingerprint density at radius 2 is 1.58 bits per heavy atom. The third-order valence-electron chi connectivity index (χ3n) is 5.77. The van der Waals surface area contributed by atoms with Crippen LogP contribution in [0.1, 0.15) is 15.9 Å². The van der Waals surface area contributed by atoms with Crippen LogP contribution in [-0.4, -0.2) is 85.5 Å². The van der Waals surface area contributed by atoms with E-state index < -0.39 is 0 Å². The van der Waals surface area contributed by atoms with Crippen LogP contribution in [0, 0.1) is 0 Å². The minimum absolute atomic E-state index is 0.0261. The number of carbonyl (C=O) groups excluding carboxylic acids is 2. The summed E-state index contributed by atoms with van der Waals surface area (Å²) in [5, 5.41) is 2.92. The monoisotopic (exact) mass is 422 g/mol. The van der Waals surface area contributed by atoms with Gasteiger partial charge in [-0.1, -0.05) is 30.3 Å². The van der Waals surface area contributed by atoms with Crippen molar-refractivity contribution in [1.29, 1.82) is 0 Å². The molecular formula is C24H30N4O3. The predicted octanol–water partition coefficient (Wildman–Crippen LogP) is 1.92. The average molecular weight is 423 g/mol. The van der Waals surface area contributed by atoms with Gasteiger partial charge in [0.1, 0.15) is 0 Å². The zero-order chi connectivity index (χ0) is 21.5. The van der Waals surface area contributed by atoms with Gasteiger partial charge in [-0.05, 0) is 29.8 Å². The van der Waals surface area contributed by atoms with Gasteiger partial charge in [0.15, 0.2) is 0 Å². The first-order chi connectivity index (χ1) is 15.2. The number of para-hydroxylation sites is 1. The maximum atomic E-state index is 13.0. The highest BCUT2D eigenvalue weighted by Gasteiger charge is 2.23. The van der Waals surface area contributed by atoms with Crippen LogP contribution in [0.25, 0.3) is 0 Å². The lowest BCUT2D eigenvalue weighted by Crippen LogP contribution is -2.50. The van der Waals surface area contributed by atoms with Crippen LogP contribution in [0.3, 0.4) is 0 Å². The molecule has 7 heteroatoms. The molecule has 2 amide bonds. The summed E-state index contributed by atoms with van der Waals surface area (Å²) in [5.74, 6) is 0.0407. The highest BCUT2D eigenvalue weighted by Crippen LogP contribution is 2.14. The Kier molecular flexibility index (Phi) is 7.30. The van der Waals surface area contributed by atoms with Gasteiger partial charge in [-0.25, -0.2) is 0 Å². The van der Waals surface area contributed by atoms with Crippen molar-refractivity contribution in [3.05, 3.63) is 65.7 Å². The van der Waals surface area contributed by atoms with Crippen molar-refractivity contribution in [2.75, 3.05) is 64.3 Å². The molecule has 2 aromatic carbocycles. The fourth-order valence-electron chi connectivity index (χ4n) is 4.04. The highest BCUT2D eigenvalue weighted by molar-refractivity contribution is 5.94. The molecule has 2 aliphatic rings. The fraction of sp³-hybridized carbons (Fsp3) is 0.417. The van der Waals surface area contributed by atoms with Crippen LogP contribution in [0.4, 0.5) is 5.69 Å². The van der Waals surface area contributed by atoms with Crippen LogP contribution in [-0.2, 0) is 16.1 Å². The molecule has 0 bridgehead atoms. The number of nitrogens with zero attached hydrogens (tertiary/aromatic N) is 3. The summed E-state index contributed by atoms with van der Waals surface area (Å²) in [6.45, 7) is 7.23. The molecule has 0 atom stereocenters. The number of rotatable bonds is 6. The van der Waals surface area contributed by atoms with E-state index in [9.17, 15) is 9.59 Å². The summed E-state index contributed by atoms with van der Waals surface area (Å²) in [6, 6.07) is 17.4. The Hall–Kier alpha value is -2.74. The number of hydrogen-bond donors (Lipinski definition) is 1. The molecule has 2 fully saturated rings. The van der Waals surface area contributed by atoms with E-state index in [0.29, 0.717) is 32.7 Å². The van der Waals surface area contributed by atoms with Crippen molar-refractivity contribution in [2.45, 2.75) is 6.54 Å². The van der Waals surface area contributed by atoms with Gasteiger partial charge in [-0.2, -0.15) is 0 Å². The third-order valence-corrected chi connectivity index (χ3v) is 5.77. The molecule has 0 saturated carbocycles. The van der Waals surface area contributed by atoms with Crippen LogP contribution < -0.4 is 5.32 Å². The van der Waals surface area contributed by atoms with Crippen molar-refractivity contribution >= 4 is 17.5 Å². The van der Waals surface area contributed by atoms with Crippen molar-refractivity contribution in [2.24, 2.45) is 0 Å². The summed E-state index contributed by atoms with van der Waals surface area (Å²) < 4.78 is 5.41. The van der Waals surface area contributed by atoms with Gasteiger partial charge >= 0.3 is 0 Å². The lowest BCUT2D eigenvalue weighted by Gasteiger charge is -2.34. The van der Waals surface area contributed by atoms with Crippen LogP contribution in [0.15, 0.2) is 54.6 Å². The Bertz CT molecular complexity index is 875. The van der Waals surface area contributed by atoms with Crippen molar-refractivity contribution in [1.82, 2.24) is 14.7 Å². The summed E-state index contributed by atoms with van der Waals surface area (Å²) in [7, 11) is 0. The lowest BCUT2D eigenvalue weighted by atomic mass is 10.1. The molecule has 0 aromatic heterocycles. The minimum Gasteiger partial charge on any atom is -0.379 e. The molecule has 0 unspecified atom stereocenters. The first kappa shape index (κ1) is 21.5. The molecule has 2 aliphatic heterocycles. The number of piperazine rings is 1. The summed E-state index contributed by atoms with van der Waals surface area (Å²) in [5.41, 5.74) is 2.70. The van der Waals surface area contributed by atoms with Crippen LogP contribution >= 0.6 is 0 Å². The number of ether oxygens (including phenoxy) is 1. The van der Waals surface area contributed by atoms with Crippen LogP contribution in [0.2, 0.25) is 0 Å². The van der Waals surface area contributed by atoms with E-state index in [4.69, 9.17) is 4.74 Å². The largest absolute Gasteiger partial charge is 0.379 e. The first-order valence-electron chi connectivity index (χ1n) is 10.9. The average Bonchev–Trinajstić information content (AvgIpc) is 2.80. The van der Waals surface area contributed by atoms with Gasteiger partial charge in [-0.15, -0.1) is 0 Å². The minimum atomic E-state index is -0.0261. The van der Waals surface area contributed by atoms with E-state index in [0.717, 1.165) is 49.7 Å². The number of benzene rings is 2. The van der Waals surface area contributed by atoms with E-state index in [1.165, 1.54) is 0 Å². The number of anilines is 1. The second-order valence-corrected chi connectivity index (χ2v) is 8.07. The van der Waals surface area contributed by atoms with Crippen molar-refractivity contribution in [3.63, 3.8) is 0 Å². The lowest BCUT2D eigenvalue weighted by molar-refractivity contribution is -0.117. The van der Waals surface area contributed by atoms with E-state index in [1.54, 1.807) is 0 Å². The van der Waals surface area contributed by atoms with Gasteiger partial charge in [0.05, 0.1) is 19.8 Å². The number of hydrogen-bond acceptors (Lipinski definition) is 5. The predicted molar refractivity (Wildman–Crippen MR) is 120 cm³/mol. The number of nitrogens with one attached hydrogen (secondary N) is 1.